The lowest BCUT2D eigenvalue weighted by Gasteiger charge is -2.28. The number of nitrogens with zero attached hydrogens (tertiary/aromatic N) is 1. The summed E-state index contributed by atoms with van der Waals surface area (Å²) in [6.07, 6.45) is 0. The molecule has 0 saturated carbocycles. The Morgan fingerprint density at radius 3 is 1.79 bits per heavy atom. The van der Waals surface area contributed by atoms with Crippen LogP contribution in [0, 0.1) is 5.92 Å². The molecule has 0 rings (SSSR count). The topological polar surface area (TPSA) is 30.9 Å². The van der Waals surface area contributed by atoms with Crippen molar-refractivity contribution in [2.24, 2.45) is 5.92 Å². The minimum Gasteiger partial charge on any atom is -0.377 e. The Morgan fingerprint density at radius 2 is 1.50 bits per heavy atom. The molecule has 0 spiro atoms. The fourth-order valence-corrected chi connectivity index (χ4v) is 3.60. The molecule has 0 aliphatic heterocycles. The molecule has 4 nitrogen and oxygen atoms in total. The zero-order valence-electron chi connectivity index (χ0n) is 10.2. The summed E-state index contributed by atoms with van der Waals surface area (Å²) in [5.74, 6) is 0.511. The van der Waals surface area contributed by atoms with E-state index in [0.717, 1.165) is 12.6 Å². The van der Waals surface area contributed by atoms with Gasteiger partial charge in [-0.2, -0.15) is 0 Å². The van der Waals surface area contributed by atoms with Crippen molar-refractivity contribution in [3.05, 3.63) is 0 Å². The molecule has 0 saturated heterocycles. The van der Waals surface area contributed by atoms with Crippen LogP contribution in [-0.2, 0) is 13.3 Å². The Morgan fingerprint density at radius 1 is 1.07 bits per heavy atom. The van der Waals surface area contributed by atoms with E-state index in [9.17, 15) is 0 Å². The van der Waals surface area contributed by atoms with Gasteiger partial charge in [-0.3, -0.25) is 0 Å². The second kappa shape index (κ2) is 6.52. The van der Waals surface area contributed by atoms with Gasteiger partial charge in [0.05, 0.1) is 0 Å². The van der Waals surface area contributed by atoms with E-state index in [-0.39, 0.29) is 0 Å². The summed E-state index contributed by atoms with van der Waals surface area (Å²) in [5.41, 5.74) is 0. The van der Waals surface area contributed by atoms with E-state index in [1.54, 1.807) is 21.3 Å². The Bertz CT molecular complexity index is 143. The number of hydrogen-bond acceptors (Lipinski definition) is 4. The van der Waals surface area contributed by atoms with E-state index >= 15 is 0 Å². The Balaban J connectivity index is 4.15. The van der Waals surface area contributed by atoms with Crippen LogP contribution in [0.2, 0.25) is 6.04 Å². The van der Waals surface area contributed by atoms with Crippen LogP contribution >= 0.6 is 0 Å². The van der Waals surface area contributed by atoms with Crippen molar-refractivity contribution in [2.45, 2.75) is 13.0 Å². The first-order chi connectivity index (χ1) is 6.49. The van der Waals surface area contributed by atoms with Gasteiger partial charge in [0.1, 0.15) is 0 Å². The highest BCUT2D eigenvalue weighted by molar-refractivity contribution is 6.60. The molecule has 86 valence electrons. The van der Waals surface area contributed by atoms with E-state index < -0.39 is 8.80 Å². The van der Waals surface area contributed by atoms with E-state index in [2.05, 4.69) is 25.9 Å². The van der Waals surface area contributed by atoms with E-state index in [1.807, 2.05) is 0 Å². The van der Waals surface area contributed by atoms with Crippen molar-refractivity contribution < 1.29 is 13.3 Å². The standard InChI is InChI=1S/C9H23NO3Si/c1-9(7-10(2)3)8-14(11-4,12-5)13-6/h9H,7-8H2,1-6H3. The average Bonchev–Trinajstić information content (AvgIpc) is 2.13. The van der Waals surface area contributed by atoms with Crippen LogP contribution in [0.1, 0.15) is 6.92 Å². The molecule has 0 bridgehead atoms. The van der Waals surface area contributed by atoms with Gasteiger partial charge in [0.2, 0.25) is 0 Å². The molecular weight excluding hydrogens is 198 g/mol. The van der Waals surface area contributed by atoms with Crippen molar-refractivity contribution in [2.75, 3.05) is 42.0 Å². The molecule has 0 aromatic carbocycles. The van der Waals surface area contributed by atoms with Crippen molar-refractivity contribution in [3.8, 4) is 0 Å². The maximum Gasteiger partial charge on any atom is 0.500 e. The van der Waals surface area contributed by atoms with Crippen LogP contribution < -0.4 is 0 Å². The van der Waals surface area contributed by atoms with Gasteiger partial charge in [0.25, 0.3) is 0 Å². The second-order valence-corrected chi connectivity index (χ2v) is 6.87. The smallest absolute Gasteiger partial charge is 0.377 e. The van der Waals surface area contributed by atoms with Crippen LogP contribution in [-0.4, -0.2) is 55.7 Å². The first-order valence-electron chi connectivity index (χ1n) is 4.80. The molecule has 14 heavy (non-hydrogen) atoms. The third-order valence-electron chi connectivity index (χ3n) is 2.21. The van der Waals surface area contributed by atoms with Gasteiger partial charge in [0.15, 0.2) is 0 Å². The Hall–Kier alpha value is 0.0569. The van der Waals surface area contributed by atoms with Gasteiger partial charge >= 0.3 is 8.80 Å². The van der Waals surface area contributed by atoms with Crippen LogP contribution in [0.5, 0.6) is 0 Å². The molecular formula is C9H23NO3Si. The molecule has 1 unspecified atom stereocenters. The van der Waals surface area contributed by atoms with Gasteiger partial charge in [-0.05, 0) is 20.0 Å². The molecule has 0 N–H and O–H groups in total. The molecule has 0 aromatic heterocycles. The number of rotatable bonds is 7. The van der Waals surface area contributed by atoms with E-state index in [4.69, 9.17) is 13.3 Å². The normalized spacial score (nSPS) is 14.8. The van der Waals surface area contributed by atoms with E-state index in [0.29, 0.717) is 5.92 Å². The second-order valence-electron chi connectivity index (χ2n) is 3.87. The van der Waals surface area contributed by atoms with Crippen LogP contribution in [0.4, 0.5) is 0 Å². The lowest BCUT2D eigenvalue weighted by molar-refractivity contribution is 0.117. The molecule has 0 aliphatic carbocycles. The predicted molar refractivity (Wildman–Crippen MR) is 59.3 cm³/mol. The molecule has 5 heteroatoms. The molecule has 0 amide bonds. The maximum absolute atomic E-state index is 5.36. The molecule has 0 radical (unpaired) electrons. The SMILES string of the molecule is CO[Si](CC(C)CN(C)C)(OC)OC. The summed E-state index contributed by atoms with van der Waals surface area (Å²) >= 11 is 0. The van der Waals surface area contributed by atoms with E-state index in [1.165, 1.54) is 0 Å². The van der Waals surface area contributed by atoms with Gasteiger partial charge < -0.3 is 18.2 Å². The van der Waals surface area contributed by atoms with Crippen LogP contribution in [0.25, 0.3) is 0 Å². The predicted octanol–water partition coefficient (Wildman–Crippen LogP) is 1.06. The molecule has 0 fully saturated rings. The van der Waals surface area contributed by atoms with Gasteiger partial charge in [-0.25, -0.2) is 0 Å². The monoisotopic (exact) mass is 221 g/mol. The fraction of sp³-hybridized carbons (Fsp3) is 1.00. The quantitative estimate of drug-likeness (QED) is 0.602. The lowest BCUT2D eigenvalue weighted by atomic mass is 10.2. The van der Waals surface area contributed by atoms with Crippen molar-refractivity contribution in [1.82, 2.24) is 4.90 Å². The zero-order valence-corrected chi connectivity index (χ0v) is 11.2. The van der Waals surface area contributed by atoms with Crippen molar-refractivity contribution >= 4 is 8.80 Å². The highest BCUT2D eigenvalue weighted by Crippen LogP contribution is 2.19. The maximum atomic E-state index is 5.36. The molecule has 1 atom stereocenters. The molecule has 0 aliphatic rings. The highest BCUT2D eigenvalue weighted by atomic mass is 28.4. The van der Waals surface area contributed by atoms with Crippen LogP contribution in [0.15, 0.2) is 0 Å². The Labute approximate surface area is 88.5 Å². The third-order valence-corrected chi connectivity index (χ3v) is 5.27. The number of hydrogen-bond donors (Lipinski definition) is 0. The lowest BCUT2D eigenvalue weighted by Crippen LogP contribution is -2.45. The summed E-state index contributed by atoms with van der Waals surface area (Å²) in [6, 6.07) is 0.856. The largest absolute Gasteiger partial charge is 0.500 e. The summed E-state index contributed by atoms with van der Waals surface area (Å²) in [7, 11) is 6.71. The Kier molecular flexibility index (Phi) is 6.55. The fourth-order valence-electron chi connectivity index (χ4n) is 1.61. The third kappa shape index (κ3) is 4.52. The first-order valence-corrected chi connectivity index (χ1v) is 6.73. The summed E-state index contributed by atoms with van der Waals surface area (Å²) in [6.45, 7) is 3.20. The van der Waals surface area contributed by atoms with Crippen LogP contribution in [0.3, 0.4) is 0 Å². The average molecular weight is 221 g/mol. The highest BCUT2D eigenvalue weighted by Gasteiger charge is 2.39. The minimum absolute atomic E-state index is 0.511. The van der Waals surface area contributed by atoms with Gasteiger partial charge in [0, 0.05) is 33.9 Å². The van der Waals surface area contributed by atoms with Gasteiger partial charge in [-0.15, -0.1) is 0 Å². The molecule has 0 aromatic rings. The minimum atomic E-state index is -2.37. The summed E-state index contributed by atoms with van der Waals surface area (Å²) < 4.78 is 16.1. The summed E-state index contributed by atoms with van der Waals surface area (Å²) in [5, 5.41) is 0. The van der Waals surface area contributed by atoms with Gasteiger partial charge in [-0.1, -0.05) is 6.92 Å². The zero-order chi connectivity index (χ0) is 11.2. The van der Waals surface area contributed by atoms with Crippen molar-refractivity contribution in [1.29, 1.82) is 0 Å². The molecule has 0 heterocycles. The van der Waals surface area contributed by atoms with Crippen molar-refractivity contribution in [3.63, 3.8) is 0 Å². The first kappa shape index (κ1) is 14.1. The summed E-state index contributed by atoms with van der Waals surface area (Å²) in [4.78, 5) is 2.16.